The molecular formula is C14H15NO2. The van der Waals surface area contributed by atoms with Crippen LogP contribution in [0.25, 0.3) is 0 Å². The van der Waals surface area contributed by atoms with Gasteiger partial charge in [0.2, 0.25) is 0 Å². The van der Waals surface area contributed by atoms with Crippen molar-refractivity contribution in [2.75, 3.05) is 7.11 Å². The van der Waals surface area contributed by atoms with E-state index in [2.05, 4.69) is 40.9 Å². The molecule has 3 nitrogen and oxygen atoms in total. The number of nitrogens with one attached hydrogen (secondary N) is 1. The minimum Gasteiger partial charge on any atom is -0.464 e. The Labute approximate surface area is 100 Å². The van der Waals surface area contributed by atoms with Crippen molar-refractivity contribution >= 4 is 5.97 Å². The van der Waals surface area contributed by atoms with E-state index >= 15 is 0 Å². The number of rotatable bonds is 3. The first-order valence-electron chi connectivity index (χ1n) is 5.51. The number of ether oxygens (including phenoxy) is 1. The van der Waals surface area contributed by atoms with Crippen LogP contribution in [0.3, 0.4) is 0 Å². The summed E-state index contributed by atoms with van der Waals surface area (Å²) in [6.45, 7) is 2.06. The van der Waals surface area contributed by atoms with Gasteiger partial charge in [0.1, 0.15) is 5.69 Å². The monoisotopic (exact) mass is 229 g/mol. The van der Waals surface area contributed by atoms with Crippen molar-refractivity contribution in [2.24, 2.45) is 0 Å². The average molecular weight is 229 g/mol. The Morgan fingerprint density at radius 2 is 1.88 bits per heavy atom. The van der Waals surface area contributed by atoms with Gasteiger partial charge in [-0.25, -0.2) is 4.79 Å². The number of hydrogen-bond acceptors (Lipinski definition) is 2. The molecule has 0 bridgehead atoms. The molecule has 3 heteroatoms. The Morgan fingerprint density at radius 1 is 1.18 bits per heavy atom. The predicted molar refractivity (Wildman–Crippen MR) is 66.1 cm³/mol. The summed E-state index contributed by atoms with van der Waals surface area (Å²) in [6, 6.07) is 12.0. The van der Waals surface area contributed by atoms with E-state index in [-0.39, 0.29) is 5.97 Å². The SMILES string of the molecule is COC(=O)c1ccc(Cc2ccc(C)cc2)[nH]1. The van der Waals surface area contributed by atoms with E-state index in [1.54, 1.807) is 6.07 Å². The molecule has 17 heavy (non-hydrogen) atoms. The third kappa shape index (κ3) is 2.75. The van der Waals surface area contributed by atoms with Gasteiger partial charge in [-0.3, -0.25) is 0 Å². The molecule has 0 fully saturated rings. The molecule has 2 rings (SSSR count). The Balaban J connectivity index is 2.11. The number of aryl methyl sites for hydroxylation is 1. The predicted octanol–water partition coefficient (Wildman–Crippen LogP) is 2.70. The van der Waals surface area contributed by atoms with Crippen molar-refractivity contribution in [3.05, 3.63) is 58.9 Å². The lowest BCUT2D eigenvalue weighted by Gasteiger charge is -2.00. The lowest BCUT2D eigenvalue weighted by Crippen LogP contribution is -2.01. The van der Waals surface area contributed by atoms with Gasteiger partial charge >= 0.3 is 5.97 Å². The zero-order valence-corrected chi connectivity index (χ0v) is 9.99. The number of carbonyl (C=O) groups is 1. The largest absolute Gasteiger partial charge is 0.464 e. The summed E-state index contributed by atoms with van der Waals surface area (Å²) in [5, 5.41) is 0. The molecule has 1 aromatic heterocycles. The minimum atomic E-state index is -0.333. The van der Waals surface area contributed by atoms with Crippen LogP contribution in [0.2, 0.25) is 0 Å². The molecule has 0 atom stereocenters. The first kappa shape index (κ1) is 11.5. The lowest BCUT2D eigenvalue weighted by molar-refractivity contribution is 0.0594. The van der Waals surface area contributed by atoms with Gasteiger partial charge in [0.05, 0.1) is 7.11 Å². The van der Waals surface area contributed by atoms with Crippen LogP contribution >= 0.6 is 0 Å². The van der Waals surface area contributed by atoms with Crippen LogP contribution < -0.4 is 0 Å². The van der Waals surface area contributed by atoms with Gasteiger partial charge in [0, 0.05) is 12.1 Å². The number of aromatic amines is 1. The van der Waals surface area contributed by atoms with E-state index in [1.165, 1.54) is 18.2 Å². The highest BCUT2D eigenvalue weighted by Gasteiger charge is 2.07. The normalized spacial score (nSPS) is 10.2. The van der Waals surface area contributed by atoms with Crippen molar-refractivity contribution < 1.29 is 9.53 Å². The Kier molecular flexibility index (Phi) is 3.28. The van der Waals surface area contributed by atoms with Crippen molar-refractivity contribution in [2.45, 2.75) is 13.3 Å². The van der Waals surface area contributed by atoms with E-state index in [4.69, 9.17) is 0 Å². The maximum Gasteiger partial charge on any atom is 0.354 e. The van der Waals surface area contributed by atoms with E-state index < -0.39 is 0 Å². The highest BCUT2D eigenvalue weighted by atomic mass is 16.5. The number of benzene rings is 1. The highest BCUT2D eigenvalue weighted by molar-refractivity contribution is 5.87. The third-order valence-electron chi connectivity index (χ3n) is 2.67. The van der Waals surface area contributed by atoms with Gasteiger partial charge in [-0.05, 0) is 24.6 Å². The fourth-order valence-electron chi connectivity index (χ4n) is 1.70. The summed E-state index contributed by atoms with van der Waals surface area (Å²) in [7, 11) is 1.38. The third-order valence-corrected chi connectivity index (χ3v) is 2.67. The molecule has 0 unspecified atom stereocenters. The molecule has 0 spiro atoms. The van der Waals surface area contributed by atoms with E-state index in [0.29, 0.717) is 5.69 Å². The van der Waals surface area contributed by atoms with Gasteiger partial charge in [-0.1, -0.05) is 29.8 Å². The van der Waals surface area contributed by atoms with Crippen molar-refractivity contribution in [3.63, 3.8) is 0 Å². The number of hydrogen-bond donors (Lipinski definition) is 1. The van der Waals surface area contributed by atoms with E-state index in [9.17, 15) is 4.79 Å². The van der Waals surface area contributed by atoms with Crippen LogP contribution in [0, 0.1) is 6.92 Å². The zero-order valence-electron chi connectivity index (χ0n) is 9.99. The van der Waals surface area contributed by atoms with Gasteiger partial charge in [-0.2, -0.15) is 0 Å². The molecule has 0 aliphatic heterocycles. The van der Waals surface area contributed by atoms with Crippen LogP contribution in [-0.4, -0.2) is 18.1 Å². The van der Waals surface area contributed by atoms with Gasteiger partial charge in [0.25, 0.3) is 0 Å². The second-order valence-corrected chi connectivity index (χ2v) is 4.05. The molecule has 0 aliphatic carbocycles. The van der Waals surface area contributed by atoms with Crippen LogP contribution in [0.5, 0.6) is 0 Å². The number of H-pyrrole nitrogens is 1. The summed E-state index contributed by atoms with van der Waals surface area (Å²) < 4.78 is 4.65. The van der Waals surface area contributed by atoms with Gasteiger partial charge in [-0.15, -0.1) is 0 Å². The second kappa shape index (κ2) is 4.87. The fourth-order valence-corrected chi connectivity index (χ4v) is 1.70. The summed E-state index contributed by atoms with van der Waals surface area (Å²) in [5.41, 5.74) is 3.97. The molecule has 0 amide bonds. The number of methoxy groups -OCH3 is 1. The minimum absolute atomic E-state index is 0.333. The summed E-state index contributed by atoms with van der Waals surface area (Å²) in [5.74, 6) is -0.333. The smallest absolute Gasteiger partial charge is 0.354 e. The quantitative estimate of drug-likeness (QED) is 0.822. The Hall–Kier alpha value is -2.03. The molecule has 0 saturated carbocycles. The number of aromatic nitrogens is 1. The standard InChI is InChI=1S/C14H15NO2/c1-10-3-5-11(6-4-10)9-12-7-8-13(15-12)14(16)17-2/h3-8,15H,9H2,1-2H3. The fraction of sp³-hybridized carbons (Fsp3) is 0.214. The van der Waals surface area contributed by atoms with E-state index in [1.807, 2.05) is 6.07 Å². The molecule has 1 aromatic carbocycles. The summed E-state index contributed by atoms with van der Waals surface area (Å²) >= 11 is 0. The van der Waals surface area contributed by atoms with Crippen molar-refractivity contribution in [1.29, 1.82) is 0 Å². The summed E-state index contributed by atoms with van der Waals surface area (Å²) in [6.07, 6.45) is 0.789. The molecule has 0 aliphatic rings. The van der Waals surface area contributed by atoms with Crippen molar-refractivity contribution in [1.82, 2.24) is 4.98 Å². The lowest BCUT2D eigenvalue weighted by atomic mass is 10.1. The van der Waals surface area contributed by atoms with Crippen LogP contribution in [0.15, 0.2) is 36.4 Å². The first-order chi connectivity index (χ1) is 8.19. The van der Waals surface area contributed by atoms with Gasteiger partial charge < -0.3 is 9.72 Å². The highest BCUT2D eigenvalue weighted by Crippen LogP contribution is 2.11. The molecular weight excluding hydrogens is 214 g/mol. The Bertz CT molecular complexity index is 511. The molecule has 88 valence electrons. The molecule has 1 heterocycles. The maximum atomic E-state index is 11.3. The molecule has 0 radical (unpaired) electrons. The second-order valence-electron chi connectivity index (χ2n) is 4.05. The van der Waals surface area contributed by atoms with Gasteiger partial charge in [0.15, 0.2) is 0 Å². The number of esters is 1. The summed E-state index contributed by atoms with van der Waals surface area (Å²) in [4.78, 5) is 14.3. The Morgan fingerprint density at radius 3 is 2.53 bits per heavy atom. The van der Waals surface area contributed by atoms with Crippen LogP contribution in [0.4, 0.5) is 0 Å². The molecule has 0 saturated heterocycles. The maximum absolute atomic E-state index is 11.3. The topological polar surface area (TPSA) is 42.1 Å². The average Bonchev–Trinajstić information content (AvgIpc) is 2.80. The molecule has 2 aromatic rings. The van der Waals surface area contributed by atoms with E-state index in [0.717, 1.165) is 12.1 Å². The van der Waals surface area contributed by atoms with Crippen LogP contribution in [-0.2, 0) is 11.2 Å². The van der Waals surface area contributed by atoms with Crippen molar-refractivity contribution in [3.8, 4) is 0 Å². The molecule has 1 N–H and O–H groups in total. The zero-order chi connectivity index (χ0) is 12.3. The first-order valence-corrected chi connectivity index (χ1v) is 5.51. The van der Waals surface area contributed by atoms with Crippen LogP contribution in [0.1, 0.15) is 27.3 Å². The number of carbonyl (C=O) groups excluding carboxylic acids is 1.